The summed E-state index contributed by atoms with van der Waals surface area (Å²) < 4.78 is 5.41. The van der Waals surface area contributed by atoms with Gasteiger partial charge >= 0.3 is 0 Å². The summed E-state index contributed by atoms with van der Waals surface area (Å²) >= 11 is 0. The molecule has 1 N–H and O–H groups in total. The van der Waals surface area contributed by atoms with Gasteiger partial charge in [0.1, 0.15) is 0 Å². The van der Waals surface area contributed by atoms with Gasteiger partial charge in [-0.25, -0.2) is 0 Å². The lowest BCUT2D eigenvalue weighted by molar-refractivity contribution is 0.134. The number of rotatable bonds is 1. The predicted molar refractivity (Wildman–Crippen MR) is 54.9 cm³/mol. The van der Waals surface area contributed by atoms with Crippen molar-refractivity contribution in [2.75, 3.05) is 6.54 Å². The summed E-state index contributed by atoms with van der Waals surface area (Å²) in [5, 5.41) is 3.52. The third-order valence-corrected chi connectivity index (χ3v) is 3.21. The largest absolute Gasteiger partial charge is 0.372 e. The number of benzene rings is 1. The molecule has 0 amide bonds. The Labute approximate surface area is 84.3 Å². The van der Waals surface area contributed by atoms with Crippen molar-refractivity contribution in [3.05, 3.63) is 34.9 Å². The van der Waals surface area contributed by atoms with Crippen molar-refractivity contribution in [1.29, 1.82) is 0 Å². The Hall–Kier alpha value is -0.860. The second-order valence-corrected chi connectivity index (χ2v) is 4.17. The average molecular weight is 189 g/mol. The lowest BCUT2D eigenvalue weighted by Crippen LogP contribution is -2.12. The van der Waals surface area contributed by atoms with Gasteiger partial charge in [-0.1, -0.05) is 18.2 Å². The molecular weight excluding hydrogens is 174 g/mol. The molecule has 2 aliphatic rings. The van der Waals surface area contributed by atoms with Crippen molar-refractivity contribution < 1.29 is 4.74 Å². The third kappa shape index (κ3) is 1.35. The van der Waals surface area contributed by atoms with Crippen LogP contribution in [-0.2, 0) is 18.0 Å². The summed E-state index contributed by atoms with van der Waals surface area (Å²) in [6.07, 6.45) is 2.58. The van der Waals surface area contributed by atoms with Gasteiger partial charge in [0.15, 0.2) is 0 Å². The maximum Gasteiger partial charge on any atom is 0.0725 e. The molecule has 2 heterocycles. The monoisotopic (exact) mass is 189 g/mol. The van der Waals surface area contributed by atoms with Crippen LogP contribution in [0.1, 0.15) is 35.6 Å². The Morgan fingerprint density at radius 2 is 2.14 bits per heavy atom. The molecule has 1 unspecified atom stereocenters. The van der Waals surface area contributed by atoms with Crippen molar-refractivity contribution in [1.82, 2.24) is 5.32 Å². The van der Waals surface area contributed by atoms with E-state index in [0.717, 1.165) is 19.8 Å². The molecule has 0 aliphatic carbocycles. The Morgan fingerprint density at radius 1 is 1.21 bits per heavy atom. The molecule has 3 rings (SSSR count). The molecular formula is C12H15NO. The first-order valence-electron chi connectivity index (χ1n) is 5.36. The van der Waals surface area contributed by atoms with E-state index in [1.165, 1.54) is 29.5 Å². The number of ether oxygens (including phenoxy) is 1. The summed E-state index contributed by atoms with van der Waals surface area (Å²) in [7, 11) is 0. The number of fused-ring (bicyclic) bond motifs is 1. The topological polar surface area (TPSA) is 21.3 Å². The summed E-state index contributed by atoms with van der Waals surface area (Å²) in [6.45, 7) is 2.77. The molecule has 74 valence electrons. The highest BCUT2D eigenvalue weighted by Gasteiger charge is 2.18. The molecule has 2 aliphatic heterocycles. The zero-order chi connectivity index (χ0) is 9.38. The minimum absolute atomic E-state index is 0.584. The number of hydrogen-bond acceptors (Lipinski definition) is 2. The lowest BCUT2D eigenvalue weighted by Gasteiger charge is -2.11. The van der Waals surface area contributed by atoms with Gasteiger partial charge in [0, 0.05) is 6.04 Å². The number of nitrogens with one attached hydrogen (secondary N) is 1. The molecule has 1 fully saturated rings. The van der Waals surface area contributed by atoms with Gasteiger partial charge in [-0.05, 0) is 36.1 Å². The van der Waals surface area contributed by atoms with Gasteiger partial charge in [-0.3, -0.25) is 0 Å². The third-order valence-electron chi connectivity index (χ3n) is 3.21. The smallest absolute Gasteiger partial charge is 0.0725 e. The zero-order valence-electron chi connectivity index (χ0n) is 8.25. The SMILES string of the molecule is c1cc2c(cc1C1CCCN1)COC2. The minimum atomic E-state index is 0.584. The van der Waals surface area contributed by atoms with Crippen molar-refractivity contribution in [3.8, 4) is 0 Å². The fourth-order valence-corrected chi connectivity index (χ4v) is 2.38. The molecule has 2 heteroatoms. The van der Waals surface area contributed by atoms with Crippen LogP contribution in [0.25, 0.3) is 0 Å². The number of hydrogen-bond donors (Lipinski definition) is 1. The van der Waals surface area contributed by atoms with Crippen molar-refractivity contribution in [3.63, 3.8) is 0 Å². The first kappa shape index (κ1) is 8.45. The van der Waals surface area contributed by atoms with Crippen LogP contribution in [0.5, 0.6) is 0 Å². The van der Waals surface area contributed by atoms with Crippen LogP contribution in [0.4, 0.5) is 0 Å². The van der Waals surface area contributed by atoms with Crippen LogP contribution in [0.3, 0.4) is 0 Å². The molecule has 0 aromatic heterocycles. The molecule has 14 heavy (non-hydrogen) atoms. The maximum atomic E-state index is 5.41. The highest BCUT2D eigenvalue weighted by atomic mass is 16.5. The van der Waals surface area contributed by atoms with Crippen molar-refractivity contribution >= 4 is 0 Å². The second kappa shape index (κ2) is 3.37. The fraction of sp³-hybridized carbons (Fsp3) is 0.500. The molecule has 1 aromatic rings. The van der Waals surface area contributed by atoms with Gasteiger partial charge in [-0.15, -0.1) is 0 Å². The normalized spacial score (nSPS) is 25.3. The molecule has 2 nitrogen and oxygen atoms in total. The summed E-state index contributed by atoms with van der Waals surface area (Å²) in [5.41, 5.74) is 4.19. The summed E-state index contributed by atoms with van der Waals surface area (Å²) in [5.74, 6) is 0. The van der Waals surface area contributed by atoms with E-state index in [-0.39, 0.29) is 0 Å². The quantitative estimate of drug-likeness (QED) is 0.730. The van der Waals surface area contributed by atoms with E-state index in [9.17, 15) is 0 Å². The van der Waals surface area contributed by atoms with Gasteiger partial charge in [0.25, 0.3) is 0 Å². The molecule has 0 spiro atoms. The van der Waals surface area contributed by atoms with E-state index in [1.54, 1.807) is 0 Å². The van der Waals surface area contributed by atoms with Crippen LogP contribution >= 0.6 is 0 Å². The molecule has 0 bridgehead atoms. The Morgan fingerprint density at radius 3 is 3.00 bits per heavy atom. The average Bonchev–Trinajstić information content (AvgIpc) is 2.88. The van der Waals surface area contributed by atoms with Crippen LogP contribution in [0, 0.1) is 0 Å². The Kier molecular flexibility index (Phi) is 2.03. The molecule has 0 radical (unpaired) electrons. The van der Waals surface area contributed by atoms with E-state index >= 15 is 0 Å². The fourth-order valence-electron chi connectivity index (χ4n) is 2.38. The van der Waals surface area contributed by atoms with Crippen LogP contribution in [-0.4, -0.2) is 6.54 Å². The first-order chi connectivity index (χ1) is 6.93. The van der Waals surface area contributed by atoms with Gasteiger partial charge < -0.3 is 10.1 Å². The van der Waals surface area contributed by atoms with Gasteiger partial charge in [0.2, 0.25) is 0 Å². The van der Waals surface area contributed by atoms with Crippen LogP contribution in [0.15, 0.2) is 18.2 Å². The maximum absolute atomic E-state index is 5.41. The molecule has 1 saturated heterocycles. The van der Waals surface area contributed by atoms with E-state index in [4.69, 9.17) is 4.74 Å². The van der Waals surface area contributed by atoms with E-state index < -0.39 is 0 Å². The standard InChI is InChI=1S/C12H15NO/c1-2-12(13-5-1)9-3-4-10-7-14-8-11(10)6-9/h3-4,6,12-13H,1-2,5,7-8H2. The summed E-state index contributed by atoms with van der Waals surface area (Å²) in [6, 6.07) is 7.36. The highest BCUT2D eigenvalue weighted by Crippen LogP contribution is 2.27. The molecule has 1 aromatic carbocycles. The second-order valence-electron chi connectivity index (χ2n) is 4.17. The van der Waals surface area contributed by atoms with Crippen molar-refractivity contribution in [2.24, 2.45) is 0 Å². The Balaban J connectivity index is 1.91. The lowest BCUT2D eigenvalue weighted by atomic mass is 10.0. The van der Waals surface area contributed by atoms with Crippen LogP contribution in [0.2, 0.25) is 0 Å². The Bertz CT molecular complexity index is 342. The summed E-state index contributed by atoms with van der Waals surface area (Å²) in [4.78, 5) is 0. The van der Waals surface area contributed by atoms with E-state index in [0.29, 0.717) is 6.04 Å². The van der Waals surface area contributed by atoms with Gasteiger partial charge in [-0.2, -0.15) is 0 Å². The highest BCUT2D eigenvalue weighted by molar-refractivity contribution is 5.34. The van der Waals surface area contributed by atoms with Crippen molar-refractivity contribution in [2.45, 2.75) is 32.1 Å². The van der Waals surface area contributed by atoms with E-state index in [1.807, 2.05) is 0 Å². The van der Waals surface area contributed by atoms with Gasteiger partial charge in [0.05, 0.1) is 13.2 Å². The van der Waals surface area contributed by atoms with E-state index in [2.05, 4.69) is 23.5 Å². The molecule has 1 atom stereocenters. The first-order valence-corrected chi connectivity index (χ1v) is 5.36. The predicted octanol–water partition coefficient (Wildman–Crippen LogP) is 2.14. The minimum Gasteiger partial charge on any atom is -0.372 e. The van der Waals surface area contributed by atoms with Crippen LogP contribution < -0.4 is 5.32 Å². The zero-order valence-corrected chi connectivity index (χ0v) is 8.25. The molecule has 0 saturated carbocycles.